The molecule has 4 rings (SSSR count). The predicted octanol–water partition coefficient (Wildman–Crippen LogP) is 3.39. The number of carboxylic acid groups (broad SMARTS) is 1. The number of hydrogen-bond donors (Lipinski definition) is 1. The smallest absolute Gasteiger partial charge is 0.305 e. The quantitative estimate of drug-likeness (QED) is 0.718. The second-order valence-corrected chi connectivity index (χ2v) is 8.93. The molecule has 2 aromatic carbocycles. The zero-order chi connectivity index (χ0) is 22.8. The third-order valence-electron chi connectivity index (χ3n) is 5.41. The monoisotopic (exact) mass is 452 g/mol. The second-order valence-electron chi connectivity index (χ2n) is 7.76. The molecule has 0 spiro atoms. The number of methoxy groups -OCH3 is 1. The van der Waals surface area contributed by atoms with Gasteiger partial charge in [-0.2, -0.15) is 10.1 Å². The highest BCUT2D eigenvalue weighted by atomic mass is 32.2. The average molecular weight is 453 g/mol. The van der Waals surface area contributed by atoms with E-state index < -0.39 is 17.1 Å². The molecule has 2 aliphatic heterocycles. The van der Waals surface area contributed by atoms with Gasteiger partial charge < -0.3 is 14.7 Å². The Morgan fingerprint density at radius 1 is 1.19 bits per heavy atom. The topological polar surface area (TPSA) is 94.8 Å². The van der Waals surface area contributed by atoms with Gasteiger partial charge in [-0.25, -0.2) is 5.01 Å². The molecule has 0 aliphatic carbocycles. The number of hydrogen-bond acceptors (Lipinski definition) is 7. The van der Waals surface area contributed by atoms with Crippen LogP contribution in [0.25, 0.3) is 0 Å². The first-order valence-electron chi connectivity index (χ1n) is 10.1. The van der Waals surface area contributed by atoms with Crippen LogP contribution in [0, 0.1) is 0 Å². The number of rotatable bonds is 6. The van der Waals surface area contributed by atoms with Gasteiger partial charge in [0, 0.05) is 26.2 Å². The van der Waals surface area contributed by atoms with Gasteiger partial charge in [-0.3, -0.25) is 9.59 Å². The maximum Gasteiger partial charge on any atom is 0.305 e. The molecule has 8 nitrogen and oxygen atoms in total. The number of carboxylic acids is 1. The molecule has 0 radical (unpaired) electrons. The van der Waals surface area contributed by atoms with E-state index in [1.165, 1.54) is 0 Å². The van der Waals surface area contributed by atoms with Gasteiger partial charge in [0.15, 0.2) is 5.17 Å². The van der Waals surface area contributed by atoms with Gasteiger partial charge in [0.25, 0.3) is 5.91 Å². The van der Waals surface area contributed by atoms with E-state index in [4.69, 9.17) is 14.9 Å². The Morgan fingerprint density at radius 3 is 2.47 bits per heavy atom. The van der Waals surface area contributed by atoms with Crippen LogP contribution in [0.1, 0.15) is 30.0 Å². The van der Waals surface area contributed by atoms with Crippen molar-refractivity contribution in [3.8, 4) is 5.75 Å². The largest absolute Gasteiger partial charge is 0.497 e. The summed E-state index contributed by atoms with van der Waals surface area (Å²) in [4.78, 5) is 29.6. The standard InChI is InChI=1S/C23H24N4O4S/c1-26(2)16-8-4-15(5-9-16)19-12-18(14-6-10-17(31-3)11-7-14)25-27(19)23-24-22(30)20(32-23)13-21(28)29/h4-11,19-20H,12-13H2,1-3H3,(H,28,29). The Labute approximate surface area is 190 Å². The fourth-order valence-electron chi connectivity index (χ4n) is 3.66. The number of anilines is 1. The molecule has 0 saturated carbocycles. The van der Waals surface area contributed by atoms with E-state index in [1.54, 1.807) is 12.1 Å². The average Bonchev–Trinajstić information content (AvgIpc) is 3.37. The molecule has 0 saturated heterocycles. The van der Waals surface area contributed by atoms with Crippen molar-refractivity contribution < 1.29 is 19.4 Å². The van der Waals surface area contributed by atoms with Gasteiger partial charge in [0.1, 0.15) is 11.0 Å². The number of benzene rings is 2. The Bertz CT molecular complexity index is 1080. The third-order valence-corrected chi connectivity index (χ3v) is 6.55. The first-order valence-corrected chi connectivity index (χ1v) is 11.0. The minimum Gasteiger partial charge on any atom is -0.497 e. The molecule has 1 N–H and O–H groups in total. The van der Waals surface area contributed by atoms with E-state index in [9.17, 15) is 9.59 Å². The summed E-state index contributed by atoms with van der Waals surface area (Å²) in [6, 6.07) is 15.7. The number of nitrogens with zero attached hydrogens (tertiary/aromatic N) is 4. The fourth-order valence-corrected chi connectivity index (χ4v) is 4.71. The van der Waals surface area contributed by atoms with Crippen molar-refractivity contribution in [1.29, 1.82) is 0 Å². The Morgan fingerprint density at radius 2 is 1.88 bits per heavy atom. The molecule has 0 aromatic heterocycles. The summed E-state index contributed by atoms with van der Waals surface area (Å²) in [6.07, 6.45) is 0.368. The molecule has 2 aromatic rings. The number of ether oxygens (including phenoxy) is 1. The van der Waals surface area contributed by atoms with Crippen LogP contribution in [0.3, 0.4) is 0 Å². The van der Waals surface area contributed by atoms with Crippen molar-refractivity contribution in [2.75, 3.05) is 26.1 Å². The van der Waals surface area contributed by atoms with Crippen molar-refractivity contribution in [3.63, 3.8) is 0 Å². The number of thioether (sulfide) groups is 1. The lowest BCUT2D eigenvalue weighted by atomic mass is 9.98. The minimum absolute atomic E-state index is 0.147. The highest BCUT2D eigenvalue weighted by Crippen LogP contribution is 2.39. The Hall–Kier alpha value is -3.33. The van der Waals surface area contributed by atoms with E-state index >= 15 is 0 Å². The molecular weight excluding hydrogens is 428 g/mol. The summed E-state index contributed by atoms with van der Waals surface area (Å²) in [5.74, 6) is -0.688. The Kier molecular flexibility index (Phi) is 6.18. The number of amides is 1. The Balaban J connectivity index is 1.66. The van der Waals surface area contributed by atoms with Crippen LogP contribution in [0.15, 0.2) is 58.6 Å². The van der Waals surface area contributed by atoms with Crippen molar-refractivity contribution in [2.24, 2.45) is 10.1 Å². The molecule has 2 unspecified atom stereocenters. The number of carbonyl (C=O) groups excluding carboxylic acids is 1. The van der Waals surface area contributed by atoms with Crippen LogP contribution in [0.4, 0.5) is 5.69 Å². The number of amidine groups is 1. The molecule has 9 heteroatoms. The molecule has 32 heavy (non-hydrogen) atoms. The molecule has 1 amide bonds. The van der Waals surface area contributed by atoms with Crippen LogP contribution < -0.4 is 9.64 Å². The normalized spacial score (nSPS) is 20.2. The van der Waals surface area contributed by atoms with Gasteiger partial charge in [-0.15, -0.1) is 0 Å². The zero-order valence-corrected chi connectivity index (χ0v) is 18.9. The van der Waals surface area contributed by atoms with Crippen molar-refractivity contribution >= 4 is 40.2 Å². The maximum absolute atomic E-state index is 12.3. The highest BCUT2D eigenvalue weighted by molar-refractivity contribution is 8.15. The summed E-state index contributed by atoms with van der Waals surface area (Å²) in [5.41, 5.74) is 3.95. The second kappa shape index (κ2) is 9.04. The molecule has 2 atom stereocenters. The van der Waals surface area contributed by atoms with Crippen molar-refractivity contribution in [1.82, 2.24) is 5.01 Å². The summed E-state index contributed by atoms with van der Waals surface area (Å²) in [5, 5.41) is 15.4. The first kappa shape index (κ1) is 21.9. The van der Waals surface area contributed by atoms with E-state index in [-0.39, 0.29) is 12.5 Å². The summed E-state index contributed by atoms with van der Waals surface area (Å²) >= 11 is 1.16. The molecule has 166 valence electrons. The van der Waals surface area contributed by atoms with Crippen LogP contribution in [-0.4, -0.2) is 59.3 Å². The van der Waals surface area contributed by atoms with Crippen LogP contribution >= 0.6 is 11.8 Å². The molecule has 0 fully saturated rings. The molecule has 0 bridgehead atoms. The first-order chi connectivity index (χ1) is 15.4. The number of aliphatic imine (C=N–C) groups is 1. The van der Waals surface area contributed by atoms with Gasteiger partial charge in [-0.1, -0.05) is 23.9 Å². The SMILES string of the molecule is COc1ccc(C2=NN(C3=NC(=O)C(CC(=O)O)S3)C(c3ccc(N(C)C)cc3)C2)cc1. The van der Waals surface area contributed by atoms with Gasteiger partial charge in [0.2, 0.25) is 0 Å². The van der Waals surface area contributed by atoms with E-state index in [0.29, 0.717) is 11.6 Å². The number of aliphatic carboxylic acids is 1. The van der Waals surface area contributed by atoms with Crippen LogP contribution in [0.5, 0.6) is 5.75 Å². The van der Waals surface area contributed by atoms with Crippen molar-refractivity contribution in [2.45, 2.75) is 24.1 Å². The highest BCUT2D eigenvalue weighted by Gasteiger charge is 2.39. The minimum atomic E-state index is -1.02. The van der Waals surface area contributed by atoms with Gasteiger partial charge in [-0.05, 0) is 47.5 Å². The third kappa shape index (κ3) is 4.47. The molecule has 2 heterocycles. The zero-order valence-electron chi connectivity index (χ0n) is 18.1. The molecular formula is C23H24N4O4S. The van der Waals surface area contributed by atoms with Gasteiger partial charge in [0.05, 0.1) is 25.3 Å². The number of carbonyl (C=O) groups is 2. The molecule has 2 aliphatic rings. The summed E-state index contributed by atoms with van der Waals surface area (Å²) < 4.78 is 5.25. The lowest BCUT2D eigenvalue weighted by molar-refractivity contribution is -0.138. The van der Waals surface area contributed by atoms with E-state index in [1.807, 2.05) is 55.4 Å². The van der Waals surface area contributed by atoms with Crippen LogP contribution in [0.2, 0.25) is 0 Å². The van der Waals surface area contributed by atoms with Gasteiger partial charge >= 0.3 is 5.97 Å². The van der Waals surface area contributed by atoms with Crippen molar-refractivity contribution in [3.05, 3.63) is 59.7 Å². The van der Waals surface area contributed by atoms with Crippen LogP contribution in [-0.2, 0) is 9.59 Å². The lowest BCUT2D eigenvalue weighted by Gasteiger charge is -2.23. The predicted molar refractivity (Wildman–Crippen MR) is 126 cm³/mol. The summed E-state index contributed by atoms with van der Waals surface area (Å²) in [6.45, 7) is 0. The number of hydrazone groups is 1. The summed E-state index contributed by atoms with van der Waals surface area (Å²) in [7, 11) is 5.59. The van der Waals surface area contributed by atoms with E-state index in [0.717, 1.165) is 40.0 Å². The fraction of sp³-hybridized carbons (Fsp3) is 0.304. The maximum atomic E-state index is 12.3. The van der Waals surface area contributed by atoms with E-state index in [2.05, 4.69) is 17.1 Å². The lowest BCUT2D eigenvalue weighted by Crippen LogP contribution is -2.24.